The van der Waals surface area contributed by atoms with Crippen molar-refractivity contribution in [3.8, 4) is 22.3 Å². The Kier molecular flexibility index (Phi) is 5.68. The van der Waals surface area contributed by atoms with Gasteiger partial charge in [-0.25, -0.2) is 4.98 Å². The number of likely N-dealkylation sites (N-methyl/N-ethyl adjacent to an activating group) is 1. The molecule has 0 amide bonds. The summed E-state index contributed by atoms with van der Waals surface area (Å²) in [4.78, 5) is 15.1. The number of rotatable bonds is 5. The summed E-state index contributed by atoms with van der Waals surface area (Å²) in [6.07, 6.45) is 4.03. The average Bonchev–Trinajstić information content (AvgIpc) is 3.23. The van der Waals surface area contributed by atoms with Gasteiger partial charge >= 0.3 is 0 Å². The molecule has 0 atom stereocenters. The van der Waals surface area contributed by atoms with Crippen molar-refractivity contribution in [2.24, 2.45) is 0 Å². The topological polar surface area (TPSA) is 38.4 Å². The van der Waals surface area contributed by atoms with Crippen LogP contribution < -0.4 is 4.90 Å². The Morgan fingerprint density at radius 2 is 1.56 bits per heavy atom. The smallest absolute Gasteiger partial charge is 0.137 e. The molecule has 2 aromatic heterocycles. The molecule has 0 radical (unpaired) electrons. The van der Waals surface area contributed by atoms with E-state index in [2.05, 4.69) is 102 Å². The van der Waals surface area contributed by atoms with Crippen LogP contribution in [0, 0.1) is 0 Å². The van der Waals surface area contributed by atoms with Gasteiger partial charge in [0.1, 0.15) is 5.65 Å². The van der Waals surface area contributed by atoms with E-state index in [0.29, 0.717) is 0 Å². The van der Waals surface area contributed by atoms with E-state index in [-0.39, 0.29) is 0 Å². The van der Waals surface area contributed by atoms with E-state index in [0.717, 1.165) is 49.3 Å². The van der Waals surface area contributed by atoms with Gasteiger partial charge in [-0.15, -0.1) is 0 Å². The van der Waals surface area contributed by atoms with Crippen molar-refractivity contribution >= 4 is 16.7 Å². The summed E-state index contributed by atoms with van der Waals surface area (Å²) in [5.41, 5.74) is 8.30. The average molecular weight is 426 g/mol. The van der Waals surface area contributed by atoms with E-state index in [4.69, 9.17) is 4.98 Å². The summed E-state index contributed by atoms with van der Waals surface area (Å²) in [6.45, 7) is 5.36. The van der Waals surface area contributed by atoms with Crippen molar-refractivity contribution in [1.82, 2.24) is 19.8 Å². The summed E-state index contributed by atoms with van der Waals surface area (Å²) < 4.78 is 0. The van der Waals surface area contributed by atoms with E-state index in [9.17, 15) is 0 Å². The Balaban J connectivity index is 1.41. The lowest BCUT2D eigenvalue weighted by Gasteiger charge is -2.34. The molecule has 1 N–H and O–H groups in total. The van der Waals surface area contributed by atoms with Crippen LogP contribution >= 0.6 is 0 Å². The van der Waals surface area contributed by atoms with Crippen LogP contribution in [0.1, 0.15) is 5.56 Å². The minimum atomic E-state index is 0.926. The molecule has 0 unspecified atom stereocenters. The van der Waals surface area contributed by atoms with Crippen molar-refractivity contribution < 1.29 is 0 Å². The highest BCUT2D eigenvalue weighted by molar-refractivity contribution is 5.95. The minimum absolute atomic E-state index is 0.926. The molecule has 5 heteroatoms. The first-order valence-electron chi connectivity index (χ1n) is 11.3. The second-order valence-corrected chi connectivity index (χ2v) is 9.09. The Labute approximate surface area is 190 Å². The fourth-order valence-electron chi connectivity index (χ4n) is 4.48. The summed E-state index contributed by atoms with van der Waals surface area (Å²) in [5.74, 6) is 0. The highest BCUT2D eigenvalue weighted by Crippen LogP contribution is 2.32. The number of piperazine rings is 1. The monoisotopic (exact) mass is 425 g/mol. The molecule has 4 aromatic rings. The molecule has 164 valence electrons. The Morgan fingerprint density at radius 1 is 0.875 bits per heavy atom. The van der Waals surface area contributed by atoms with Crippen LogP contribution in [0.5, 0.6) is 0 Å². The molecule has 0 spiro atoms. The number of hydrogen-bond donors (Lipinski definition) is 1. The predicted octanol–water partition coefficient (Wildman–Crippen LogP) is 4.71. The number of H-pyrrole nitrogens is 1. The van der Waals surface area contributed by atoms with E-state index in [1.54, 1.807) is 0 Å². The molecule has 1 aliphatic heterocycles. The van der Waals surface area contributed by atoms with Gasteiger partial charge in [0.15, 0.2) is 0 Å². The minimum Gasteiger partial charge on any atom is -0.369 e. The third-order valence-corrected chi connectivity index (χ3v) is 6.36. The van der Waals surface area contributed by atoms with E-state index in [1.807, 2.05) is 6.20 Å². The fraction of sp³-hybridized carbons (Fsp3) is 0.296. The largest absolute Gasteiger partial charge is 0.369 e. The number of nitrogens with zero attached hydrogens (tertiary/aromatic N) is 4. The second-order valence-electron chi connectivity index (χ2n) is 9.09. The molecule has 0 saturated carbocycles. The lowest BCUT2D eigenvalue weighted by atomic mass is 10.0. The number of nitrogens with one attached hydrogen (secondary N) is 1. The summed E-state index contributed by atoms with van der Waals surface area (Å²) in [7, 11) is 6.38. The van der Waals surface area contributed by atoms with Gasteiger partial charge < -0.3 is 19.7 Å². The first-order valence-corrected chi connectivity index (χ1v) is 11.3. The van der Waals surface area contributed by atoms with Gasteiger partial charge in [0, 0.05) is 67.3 Å². The van der Waals surface area contributed by atoms with Crippen LogP contribution in [0.15, 0.2) is 67.0 Å². The number of fused-ring (bicyclic) bond motifs is 1. The van der Waals surface area contributed by atoms with Crippen LogP contribution in [0.2, 0.25) is 0 Å². The van der Waals surface area contributed by atoms with E-state index < -0.39 is 0 Å². The van der Waals surface area contributed by atoms with Crippen LogP contribution in [0.25, 0.3) is 33.3 Å². The molecular weight excluding hydrogens is 394 g/mol. The molecule has 32 heavy (non-hydrogen) atoms. The van der Waals surface area contributed by atoms with Gasteiger partial charge in [-0.3, -0.25) is 0 Å². The molecule has 1 saturated heterocycles. The highest BCUT2D eigenvalue weighted by atomic mass is 15.2. The maximum absolute atomic E-state index is 4.70. The van der Waals surface area contributed by atoms with Crippen molar-refractivity contribution in [1.29, 1.82) is 0 Å². The Bertz CT molecular complexity index is 1180. The lowest BCUT2D eigenvalue weighted by molar-refractivity contribution is 0.313. The first kappa shape index (κ1) is 20.7. The van der Waals surface area contributed by atoms with E-state index in [1.165, 1.54) is 27.9 Å². The van der Waals surface area contributed by atoms with Crippen molar-refractivity contribution in [2.45, 2.75) is 6.54 Å². The Hall–Kier alpha value is -3.15. The number of aromatic nitrogens is 2. The predicted molar refractivity (Wildman–Crippen MR) is 134 cm³/mol. The summed E-state index contributed by atoms with van der Waals surface area (Å²) in [5, 5.41) is 1.16. The Morgan fingerprint density at radius 3 is 2.25 bits per heavy atom. The standard InChI is InChI=1S/C27H31N5/c1-30(2)19-20-4-6-22(7-5-20)26-18-29-27-25(26)16-23(17-28-27)21-8-10-24(11-9-21)32-14-12-31(3)13-15-32/h4-11,16-18H,12-15,19H2,1-3H3,(H,28,29). The zero-order chi connectivity index (χ0) is 22.1. The van der Waals surface area contributed by atoms with Crippen LogP contribution in [0.4, 0.5) is 5.69 Å². The number of aromatic amines is 1. The molecule has 3 heterocycles. The zero-order valence-corrected chi connectivity index (χ0v) is 19.2. The second kappa shape index (κ2) is 8.77. The van der Waals surface area contributed by atoms with Gasteiger partial charge in [0.05, 0.1) is 0 Å². The third-order valence-electron chi connectivity index (χ3n) is 6.36. The van der Waals surface area contributed by atoms with Gasteiger partial charge in [-0.2, -0.15) is 0 Å². The third kappa shape index (κ3) is 4.27. The van der Waals surface area contributed by atoms with Crippen molar-refractivity contribution in [2.75, 3.05) is 52.2 Å². The van der Waals surface area contributed by atoms with E-state index >= 15 is 0 Å². The zero-order valence-electron chi connectivity index (χ0n) is 19.2. The number of anilines is 1. The summed E-state index contributed by atoms with van der Waals surface area (Å²) in [6, 6.07) is 20.0. The van der Waals surface area contributed by atoms with Gasteiger partial charge in [-0.05, 0) is 56.0 Å². The van der Waals surface area contributed by atoms with Gasteiger partial charge in [-0.1, -0.05) is 36.4 Å². The van der Waals surface area contributed by atoms with Gasteiger partial charge in [0.25, 0.3) is 0 Å². The van der Waals surface area contributed by atoms with Crippen molar-refractivity contribution in [3.05, 3.63) is 72.6 Å². The lowest BCUT2D eigenvalue weighted by Crippen LogP contribution is -2.44. The molecule has 0 bridgehead atoms. The molecular formula is C27H31N5. The summed E-state index contributed by atoms with van der Waals surface area (Å²) >= 11 is 0. The van der Waals surface area contributed by atoms with Crippen LogP contribution in [0.3, 0.4) is 0 Å². The molecule has 5 nitrogen and oxygen atoms in total. The molecule has 1 fully saturated rings. The normalized spacial score (nSPS) is 15.1. The van der Waals surface area contributed by atoms with Crippen LogP contribution in [-0.2, 0) is 6.54 Å². The SMILES string of the molecule is CN(C)Cc1ccc(-c2c[nH]c3ncc(-c4ccc(N5CCN(C)CC5)cc4)cc23)cc1. The van der Waals surface area contributed by atoms with Crippen LogP contribution in [-0.4, -0.2) is 67.1 Å². The molecule has 1 aliphatic rings. The first-order chi connectivity index (χ1) is 15.6. The number of hydrogen-bond acceptors (Lipinski definition) is 4. The molecule has 2 aromatic carbocycles. The number of benzene rings is 2. The quantitative estimate of drug-likeness (QED) is 0.503. The number of pyridine rings is 1. The maximum atomic E-state index is 4.70. The molecule has 5 rings (SSSR count). The molecule has 0 aliphatic carbocycles. The fourth-order valence-corrected chi connectivity index (χ4v) is 4.48. The maximum Gasteiger partial charge on any atom is 0.137 e. The van der Waals surface area contributed by atoms with Gasteiger partial charge in [0.2, 0.25) is 0 Å². The highest BCUT2D eigenvalue weighted by Gasteiger charge is 2.14. The van der Waals surface area contributed by atoms with Crippen molar-refractivity contribution in [3.63, 3.8) is 0 Å².